The van der Waals surface area contributed by atoms with Gasteiger partial charge in [-0.3, -0.25) is 14.5 Å². The Balaban J connectivity index is 1.37. The Morgan fingerprint density at radius 3 is 2.57 bits per heavy atom. The summed E-state index contributed by atoms with van der Waals surface area (Å²) in [6.07, 6.45) is 3.66. The van der Waals surface area contributed by atoms with Crippen molar-refractivity contribution in [1.29, 1.82) is 0 Å². The van der Waals surface area contributed by atoms with E-state index >= 15 is 0 Å². The Hall–Kier alpha value is -3.55. The van der Waals surface area contributed by atoms with Gasteiger partial charge in [-0.15, -0.1) is 0 Å². The van der Waals surface area contributed by atoms with E-state index in [0.717, 1.165) is 33.8 Å². The van der Waals surface area contributed by atoms with E-state index in [1.807, 2.05) is 65.4 Å². The molecular formula is C27H20ClFN2O3S. The number of hydrogen-bond acceptors (Lipinski definition) is 4. The number of carbonyl (C=O) groups is 2. The second-order valence-corrected chi connectivity index (χ2v) is 9.36. The topological polar surface area (TPSA) is 51.5 Å². The lowest BCUT2D eigenvalue weighted by Gasteiger charge is -2.13. The summed E-state index contributed by atoms with van der Waals surface area (Å²) in [6, 6.07) is 21.4. The molecule has 0 atom stereocenters. The molecule has 1 aromatic heterocycles. The average Bonchev–Trinajstić information content (AvgIpc) is 3.33. The third kappa shape index (κ3) is 4.97. The number of amides is 2. The van der Waals surface area contributed by atoms with E-state index in [4.69, 9.17) is 16.3 Å². The minimum atomic E-state index is -0.387. The molecule has 35 heavy (non-hydrogen) atoms. The number of aromatic nitrogens is 1. The van der Waals surface area contributed by atoms with Gasteiger partial charge in [0.05, 0.1) is 11.4 Å². The van der Waals surface area contributed by atoms with Gasteiger partial charge in [-0.25, -0.2) is 4.39 Å². The quantitative estimate of drug-likeness (QED) is 0.265. The largest absolute Gasteiger partial charge is 0.492 e. The number of carbonyl (C=O) groups excluding carboxylic acids is 2. The molecule has 0 aliphatic carbocycles. The molecule has 4 aromatic rings. The van der Waals surface area contributed by atoms with Crippen LogP contribution in [0.5, 0.6) is 5.75 Å². The molecule has 2 heterocycles. The van der Waals surface area contributed by atoms with Crippen molar-refractivity contribution in [3.8, 4) is 5.75 Å². The first kappa shape index (κ1) is 23.2. The van der Waals surface area contributed by atoms with Crippen molar-refractivity contribution >= 4 is 51.5 Å². The maximum Gasteiger partial charge on any atom is 0.293 e. The second kappa shape index (κ2) is 9.98. The number of benzene rings is 3. The van der Waals surface area contributed by atoms with Crippen LogP contribution in [0.25, 0.3) is 17.0 Å². The first-order valence-corrected chi connectivity index (χ1v) is 12.1. The maximum atomic E-state index is 13.5. The minimum Gasteiger partial charge on any atom is -0.492 e. The monoisotopic (exact) mass is 506 g/mol. The SMILES string of the molecule is O=C1S/C(=C\c2cn(Cc3ccc(F)cc3Cl)c3ccccc23)C(=O)N1CCOc1ccccc1. The highest BCUT2D eigenvalue weighted by Crippen LogP contribution is 2.34. The van der Waals surface area contributed by atoms with Gasteiger partial charge in [0.15, 0.2) is 0 Å². The minimum absolute atomic E-state index is 0.168. The molecule has 1 aliphatic rings. The van der Waals surface area contributed by atoms with Crippen LogP contribution in [0.4, 0.5) is 9.18 Å². The molecule has 0 unspecified atom stereocenters. The first-order valence-electron chi connectivity index (χ1n) is 10.9. The number of nitrogens with zero attached hydrogens (tertiary/aromatic N) is 2. The van der Waals surface area contributed by atoms with Gasteiger partial charge in [0.2, 0.25) is 0 Å². The van der Waals surface area contributed by atoms with Gasteiger partial charge in [0, 0.05) is 34.2 Å². The normalized spacial score (nSPS) is 14.9. The number of hydrogen-bond donors (Lipinski definition) is 0. The Morgan fingerprint density at radius 2 is 1.77 bits per heavy atom. The number of para-hydroxylation sites is 2. The number of rotatable bonds is 7. The number of thioether (sulfide) groups is 1. The third-order valence-corrected chi connectivity index (χ3v) is 6.92. The zero-order valence-corrected chi connectivity index (χ0v) is 20.1. The summed E-state index contributed by atoms with van der Waals surface area (Å²) in [5.74, 6) is -0.0409. The Bertz CT molecular complexity index is 1450. The van der Waals surface area contributed by atoms with Gasteiger partial charge in [-0.1, -0.05) is 54.1 Å². The number of imide groups is 1. The summed E-state index contributed by atoms with van der Waals surface area (Å²) < 4.78 is 21.1. The van der Waals surface area contributed by atoms with Gasteiger partial charge >= 0.3 is 0 Å². The standard InChI is InChI=1S/C27H20ClFN2O3S/c28-23-15-20(29)11-10-18(23)16-30-17-19(22-8-4-5-9-24(22)30)14-25-26(32)31(27(33)35-25)12-13-34-21-6-2-1-3-7-21/h1-11,14-15,17H,12-13,16H2/b25-14-. The second-order valence-electron chi connectivity index (χ2n) is 7.96. The number of ether oxygens (including phenoxy) is 1. The van der Waals surface area contributed by atoms with Crippen molar-refractivity contribution < 1.29 is 18.7 Å². The van der Waals surface area contributed by atoms with Gasteiger partial charge in [0.1, 0.15) is 18.2 Å². The summed E-state index contributed by atoms with van der Waals surface area (Å²) in [4.78, 5) is 27.1. The molecule has 8 heteroatoms. The van der Waals surface area contributed by atoms with Crippen LogP contribution in [0.3, 0.4) is 0 Å². The summed E-state index contributed by atoms with van der Waals surface area (Å²) in [5, 5.41) is 0.966. The Morgan fingerprint density at radius 1 is 1.00 bits per heavy atom. The fourth-order valence-corrected chi connectivity index (χ4v) is 5.04. The number of fused-ring (bicyclic) bond motifs is 1. The highest BCUT2D eigenvalue weighted by molar-refractivity contribution is 8.18. The van der Waals surface area contributed by atoms with Crippen molar-refractivity contribution in [1.82, 2.24) is 9.47 Å². The van der Waals surface area contributed by atoms with Crippen LogP contribution in [-0.2, 0) is 11.3 Å². The van der Waals surface area contributed by atoms with Gasteiger partial charge in [-0.2, -0.15) is 0 Å². The van der Waals surface area contributed by atoms with Gasteiger partial charge in [0.25, 0.3) is 11.1 Å². The van der Waals surface area contributed by atoms with E-state index in [-0.39, 0.29) is 30.1 Å². The molecule has 5 nitrogen and oxygen atoms in total. The van der Waals surface area contributed by atoms with Crippen LogP contribution in [0.2, 0.25) is 5.02 Å². The van der Waals surface area contributed by atoms with Crippen molar-refractivity contribution in [2.24, 2.45) is 0 Å². The molecule has 0 radical (unpaired) electrons. The fourth-order valence-electron chi connectivity index (χ4n) is 3.96. The smallest absolute Gasteiger partial charge is 0.293 e. The molecule has 5 rings (SSSR count). The Kier molecular flexibility index (Phi) is 6.61. The van der Waals surface area contributed by atoms with Crippen molar-refractivity contribution in [3.63, 3.8) is 0 Å². The molecule has 0 spiro atoms. The molecule has 0 bridgehead atoms. The lowest BCUT2D eigenvalue weighted by molar-refractivity contribution is -0.123. The molecule has 0 N–H and O–H groups in total. The molecule has 1 saturated heterocycles. The van der Waals surface area contributed by atoms with Crippen LogP contribution in [-0.4, -0.2) is 33.8 Å². The van der Waals surface area contributed by atoms with Crippen LogP contribution in [0.1, 0.15) is 11.1 Å². The molecule has 1 aliphatic heterocycles. The summed E-state index contributed by atoms with van der Waals surface area (Å²) in [7, 11) is 0. The summed E-state index contributed by atoms with van der Waals surface area (Å²) in [5.41, 5.74) is 2.53. The van der Waals surface area contributed by atoms with E-state index in [0.29, 0.717) is 22.2 Å². The van der Waals surface area contributed by atoms with Crippen LogP contribution in [0, 0.1) is 5.82 Å². The lowest BCUT2D eigenvalue weighted by Crippen LogP contribution is -2.32. The van der Waals surface area contributed by atoms with E-state index in [2.05, 4.69) is 0 Å². The van der Waals surface area contributed by atoms with Crippen molar-refractivity contribution in [2.75, 3.05) is 13.2 Å². The van der Waals surface area contributed by atoms with E-state index in [1.54, 1.807) is 12.1 Å². The Labute approximate surface area is 210 Å². The molecule has 176 valence electrons. The van der Waals surface area contributed by atoms with E-state index in [1.165, 1.54) is 17.0 Å². The molecule has 3 aromatic carbocycles. The van der Waals surface area contributed by atoms with Crippen molar-refractivity contribution in [2.45, 2.75) is 6.54 Å². The zero-order chi connectivity index (χ0) is 24.4. The van der Waals surface area contributed by atoms with Crippen molar-refractivity contribution in [3.05, 3.63) is 106 Å². The predicted molar refractivity (Wildman–Crippen MR) is 137 cm³/mol. The molecule has 1 fully saturated rings. The summed E-state index contributed by atoms with van der Waals surface area (Å²) >= 11 is 7.16. The highest BCUT2D eigenvalue weighted by Gasteiger charge is 2.35. The van der Waals surface area contributed by atoms with Crippen LogP contribution < -0.4 is 4.74 Å². The van der Waals surface area contributed by atoms with Gasteiger partial charge in [-0.05, 0) is 53.7 Å². The lowest BCUT2D eigenvalue weighted by atomic mass is 10.1. The fraction of sp³-hybridized carbons (Fsp3) is 0.111. The molecular weight excluding hydrogens is 487 g/mol. The average molecular weight is 507 g/mol. The highest BCUT2D eigenvalue weighted by atomic mass is 35.5. The number of halogens is 2. The third-order valence-electron chi connectivity index (χ3n) is 5.66. The predicted octanol–water partition coefficient (Wildman–Crippen LogP) is 6.60. The van der Waals surface area contributed by atoms with E-state index in [9.17, 15) is 14.0 Å². The summed E-state index contributed by atoms with van der Waals surface area (Å²) in [6.45, 7) is 0.820. The maximum absolute atomic E-state index is 13.5. The van der Waals surface area contributed by atoms with Crippen LogP contribution in [0.15, 0.2) is 83.9 Å². The van der Waals surface area contributed by atoms with Gasteiger partial charge < -0.3 is 9.30 Å². The first-order chi connectivity index (χ1) is 17.0. The van der Waals surface area contributed by atoms with Crippen LogP contribution >= 0.6 is 23.4 Å². The zero-order valence-electron chi connectivity index (χ0n) is 18.5. The van der Waals surface area contributed by atoms with E-state index < -0.39 is 0 Å². The molecule has 2 amide bonds. The molecule has 0 saturated carbocycles.